The van der Waals surface area contributed by atoms with Crippen LogP contribution in [0.1, 0.15) is 70.6 Å². The average Bonchev–Trinajstić information content (AvgIpc) is 3.11. The SMILES string of the molecule is O=C(N[C@@H]1CCC[C@@H](C(F)(F)F)C1)[C@H]1CCCN1C(=O)C1CCCCC1. The van der Waals surface area contributed by atoms with Crippen molar-refractivity contribution in [3.63, 3.8) is 0 Å². The number of alkyl halides is 3. The number of likely N-dealkylation sites (tertiary alicyclic amines) is 1. The number of carbonyl (C=O) groups is 2. The van der Waals surface area contributed by atoms with Crippen molar-refractivity contribution in [3.8, 4) is 0 Å². The van der Waals surface area contributed by atoms with E-state index in [0.29, 0.717) is 25.8 Å². The molecule has 26 heavy (non-hydrogen) atoms. The smallest absolute Gasteiger partial charge is 0.352 e. The Balaban J connectivity index is 1.57. The number of halogens is 3. The summed E-state index contributed by atoms with van der Waals surface area (Å²) >= 11 is 0. The molecule has 2 aliphatic carbocycles. The summed E-state index contributed by atoms with van der Waals surface area (Å²) in [6.07, 6.45) is 3.42. The lowest BCUT2D eigenvalue weighted by molar-refractivity contribution is -0.184. The monoisotopic (exact) mass is 374 g/mol. The van der Waals surface area contributed by atoms with E-state index < -0.39 is 24.2 Å². The van der Waals surface area contributed by atoms with Gasteiger partial charge in [0.25, 0.3) is 0 Å². The van der Waals surface area contributed by atoms with Crippen LogP contribution in [0.5, 0.6) is 0 Å². The summed E-state index contributed by atoms with van der Waals surface area (Å²) in [6.45, 7) is 0.587. The third kappa shape index (κ3) is 4.52. The van der Waals surface area contributed by atoms with Gasteiger partial charge in [0.2, 0.25) is 11.8 Å². The quantitative estimate of drug-likeness (QED) is 0.817. The zero-order chi connectivity index (χ0) is 18.7. The summed E-state index contributed by atoms with van der Waals surface area (Å²) in [5, 5.41) is 2.82. The summed E-state index contributed by atoms with van der Waals surface area (Å²) in [5.41, 5.74) is 0. The molecule has 3 aliphatic rings. The second kappa shape index (κ2) is 8.17. The molecule has 0 radical (unpaired) electrons. The van der Waals surface area contributed by atoms with Gasteiger partial charge in [0.15, 0.2) is 0 Å². The normalized spacial score (nSPS) is 31.0. The summed E-state index contributed by atoms with van der Waals surface area (Å²) in [4.78, 5) is 27.2. The van der Waals surface area contributed by atoms with Gasteiger partial charge in [-0.3, -0.25) is 9.59 Å². The maximum atomic E-state index is 13.0. The van der Waals surface area contributed by atoms with Gasteiger partial charge in [0.1, 0.15) is 6.04 Å². The minimum atomic E-state index is -4.19. The van der Waals surface area contributed by atoms with Crippen molar-refractivity contribution in [1.29, 1.82) is 0 Å². The van der Waals surface area contributed by atoms with Gasteiger partial charge in [-0.25, -0.2) is 0 Å². The first-order valence-electron chi connectivity index (χ1n) is 10.0. The third-order valence-electron chi connectivity index (χ3n) is 6.28. The molecule has 0 spiro atoms. The van der Waals surface area contributed by atoms with Crippen LogP contribution in [0.2, 0.25) is 0 Å². The number of nitrogens with one attached hydrogen (secondary N) is 1. The summed E-state index contributed by atoms with van der Waals surface area (Å²) in [6, 6.07) is -0.939. The second-order valence-electron chi connectivity index (χ2n) is 8.14. The Morgan fingerprint density at radius 1 is 0.885 bits per heavy atom. The molecule has 3 rings (SSSR count). The lowest BCUT2D eigenvalue weighted by Crippen LogP contribution is -2.51. The molecule has 2 amide bonds. The van der Waals surface area contributed by atoms with Crippen molar-refractivity contribution in [2.24, 2.45) is 11.8 Å². The number of carbonyl (C=O) groups excluding carboxylic acids is 2. The number of nitrogens with zero attached hydrogens (tertiary/aromatic N) is 1. The average molecular weight is 374 g/mol. The van der Waals surface area contributed by atoms with Gasteiger partial charge in [-0.2, -0.15) is 13.2 Å². The first-order valence-corrected chi connectivity index (χ1v) is 10.0. The van der Waals surface area contributed by atoms with E-state index >= 15 is 0 Å². The van der Waals surface area contributed by atoms with Crippen LogP contribution < -0.4 is 5.32 Å². The largest absolute Gasteiger partial charge is 0.391 e. The highest BCUT2D eigenvalue weighted by Gasteiger charge is 2.43. The number of rotatable bonds is 3. The Hall–Kier alpha value is -1.27. The topological polar surface area (TPSA) is 49.4 Å². The van der Waals surface area contributed by atoms with E-state index in [1.807, 2.05) is 0 Å². The molecule has 0 aromatic heterocycles. The van der Waals surface area contributed by atoms with E-state index in [4.69, 9.17) is 0 Å². The van der Waals surface area contributed by atoms with Crippen LogP contribution in [0, 0.1) is 11.8 Å². The zero-order valence-electron chi connectivity index (χ0n) is 15.2. The molecule has 3 atom stereocenters. The highest BCUT2D eigenvalue weighted by molar-refractivity contribution is 5.89. The van der Waals surface area contributed by atoms with Gasteiger partial charge in [0.05, 0.1) is 5.92 Å². The maximum absolute atomic E-state index is 13.0. The standard InChI is InChI=1S/C19H29F3N2O2/c20-19(21,22)14-8-4-9-15(12-14)23-17(25)16-10-5-11-24(16)18(26)13-6-2-1-3-7-13/h13-16H,1-12H2,(H,23,25)/t14-,15-,16-/m1/s1. The minimum Gasteiger partial charge on any atom is -0.352 e. The molecule has 2 saturated carbocycles. The molecule has 0 aromatic carbocycles. The minimum absolute atomic E-state index is 0.0152. The van der Waals surface area contributed by atoms with Crippen LogP contribution in [0.4, 0.5) is 13.2 Å². The first kappa shape index (κ1) is 19.5. The van der Waals surface area contributed by atoms with Gasteiger partial charge in [0, 0.05) is 18.5 Å². The molecule has 1 aliphatic heterocycles. The van der Waals surface area contributed by atoms with Crippen molar-refractivity contribution >= 4 is 11.8 Å². The van der Waals surface area contributed by atoms with Crippen LogP contribution in [-0.4, -0.2) is 41.5 Å². The molecular formula is C19H29F3N2O2. The lowest BCUT2D eigenvalue weighted by atomic mass is 9.85. The van der Waals surface area contributed by atoms with E-state index in [2.05, 4.69) is 5.32 Å². The number of hydrogen-bond donors (Lipinski definition) is 1. The van der Waals surface area contributed by atoms with Gasteiger partial charge >= 0.3 is 6.18 Å². The van der Waals surface area contributed by atoms with E-state index in [1.54, 1.807) is 4.90 Å². The van der Waals surface area contributed by atoms with E-state index in [-0.39, 0.29) is 30.6 Å². The van der Waals surface area contributed by atoms with Crippen LogP contribution >= 0.6 is 0 Å². The van der Waals surface area contributed by atoms with Crippen molar-refractivity contribution in [2.45, 2.75) is 88.9 Å². The summed E-state index contributed by atoms with van der Waals surface area (Å²) in [7, 11) is 0. The lowest BCUT2D eigenvalue weighted by Gasteiger charge is -2.34. The molecule has 0 bridgehead atoms. The second-order valence-corrected chi connectivity index (χ2v) is 8.14. The zero-order valence-corrected chi connectivity index (χ0v) is 15.2. The van der Waals surface area contributed by atoms with Crippen LogP contribution in [0.15, 0.2) is 0 Å². The molecule has 7 heteroatoms. The van der Waals surface area contributed by atoms with Gasteiger partial charge in [-0.05, 0) is 44.9 Å². The Labute approximate surface area is 152 Å². The Morgan fingerprint density at radius 3 is 2.31 bits per heavy atom. The predicted molar refractivity (Wildman–Crippen MR) is 91.3 cm³/mol. The summed E-state index contributed by atoms with van der Waals surface area (Å²) in [5.74, 6) is -1.51. The fourth-order valence-corrected chi connectivity index (χ4v) is 4.80. The fourth-order valence-electron chi connectivity index (χ4n) is 4.80. The van der Waals surface area contributed by atoms with Crippen LogP contribution in [-0.2, 0) is 9.59 Å². The highest BCUT2D eigenvalue weighted by atomic mass is 19.4. The molecule has 1 heterocycles. The Morgan fingerprint density at radius 2 is 1.62 bits per heavy atom. The molecule has 1 N–H and O–H groups in total. The predicted octanol–water partition coefficient (Wildman–Crippen LogP) is 3.80. The molecule has 1 saturated heterocycles. The first-order chi connectivity index (χ1) is 12.4. The van der Waals surface area contributed by atoms with Gasteiger partial charge < -0.3 is 10.2 Å². The van der Waals surface area contributed by atoms with Crippen LogP contribution in [0.25, 0.3) is 0 Å². The van der Waals surface area contributed by atoms with E-state index in [9.17, 15) is 22.8 Å². The third-order valence-corrected chi connectivity index (χ3v) is 6.28. The van der Waals surface area contributed by atoms with Gasteiger partial charge in [-0.15, -0.1) is 0 Å². The Kier molecular flexibility index (Phi) is 6.13. The number of hydrogen-bond acceptors (Lipinski definition) is 2. The van der Waals surface area contributed by atoms with Crippen molar-refractivity contribution in [3.05, 3.63) is 0 Å². The van der Waals surface area contributed by atoms with Gasteiger partial charge in [-0.1, -0.05) is 25.7 Å². The fraction of sp³-hybridized carbons (Fsp3) is 0.895. The van der Waals surface area contributed by atoms with Crippen LogP contribution in [0.3, 0.4) is 0 Å². The van der Waals surface area contributed by atoms with Crippen molar-refractivity contribution in [2.75, 3.05) is 6.54 Å². The molecule has 0 aromatic rings. The van der Waals surface area contributed by atoms with Crippen molar-refractivity contribution in [1.82, 2.24) is 10.2 Å². The van der Waals surface area contributed by atoms with Crippen molar-refractivity contribution < 1.29 is 22.8 Å². The molecular weight excluding hydrogens is 345 g/mol. The maximum Gasteiger partial charge on any atom is 0.391 e. The molecule has 3 fully saturated rings. The molecule has 148 valence electrons. The summed E-state index contributed by atoms with van der Waals surface area (Å²) < 4.78 is 38.9. The highest BCUT2D eigenvalue weighted by Crippen LogP contribution is 2.37. The number of amides is 2. The Bertz CT molecular complexity index is 517. The molecule has 0 unspecified atom stereocenters. The van der Waals surface area contributed by atoms with E-state index in [1.165, 1.54) is 0 Å². The molecule has 4 nitrogen and oxygen atoms in total. The van der Waals surface area contributed by atoms with E-state index in [0.717, 1.165) is 38.5 Å².